The van der Waals surface area contributed by atoms with Gasteiger partial charge in [0, 0.05) is 24.2 Å². The molecule has 0 saturated heterocycles. The van der Waals surface area contributed by atoms with Crippen molar-refractivity contribution in [1.82, 2.24) is 9.78 Å². The van der Waals surface area contributed by atoms with Crippen LogP contribution < -0.4 is 24.8 Å². The lowest BCUT2D eigenvalue weighted by molar-refractivity contribution is -0.385. The van der Waals surface area contributed by atoms with Crippen LogP contribution in [0, 0.1) is 17.0 Å². The van der Waals surface area contributed by atoms with E-state index in [-0.39, 0.29) is 35.1 Å². The molecule has 14 heteroatoms. The largest absolute Gasteiger partial charge is 0.494 e. The van der Waals surface area contributed by atoms with E-state index in [2.05, 4.69) is 15.7 Å². The van der Waals surface area contributed by atoms with Crippen LogP contribution in [0.1, 0.15) is 47.0 Å². The first-order valence-corrected chi connectivity index (χ1v) is 15.2. The maximum Gasteiger partial charge on any atom is 0.410 e. The SMILES string of the molecule is CCOc1ccc(Oc2cc(Oc3ccc(NC(=O)c4cc5n(n4)[C@@H](C(F)(F)F)C[C@@H](c4ccc(C)cc4)N5)cc3)cc([N+](=O)[O-])c2)cc1. The number of nitrogens with zero attached hydrogens (tertiary/aromatic N) is 3. The molecule has 0 saturated carbocycles. The summed E-state index contributed by atoms with van der Waals surface area (Å²) in [6.07, 6.45) is -4.87. The molecular weight excluding hydrogens is 643 g/mol. The number of anilines is 2. The van der Waals surface area contributed by atoms with Crippen LogP contribution in [0.15, 0.2) is 97.1 Å². The minimum absolute atomic E-state index is 0.0795. The molecule has 1 aliphatic heterocycles. The van der Waals surface area contributed by atoms with Gasteiger partial charge in [-0.05, 0) is 67.9 Å². The van der Waals surface area contributed by atoms with Gasteiger partial charge in [0.2, 0.25) is 0 Å². The minimum atomic E-state index is -4.59. The number of hydrogen-bond donors (Lipinski definition) is 2. The second-order valence-corrected chi connectivity index (χ2v) is 11.3. The number of nitro benzene ring substituents is 1. The fourth-order valence-corrected chi connectivity index (χ4v) is 5.33. The van der Waals surface area contributed by atoms with Gasteiger partial charge in [-0.2, -0.15) is 18.3 Å². The van der Waals surface area contributed by atoms with Crippen molar-refractivity contribution in [2.75, 3.05) is 17.2 Å². The number of carbonyl (C=O) groups is 1. The Kier molecular flexibility index (Phi) is 9.12. The number of hydrogen-bond acceptors (Lipinski definition) is 8. The fourth-order valence-electron chi connectivity index (χ4n) is 5.33. The summed E-state index contributed by atoms with van der Waals surface area (Å²) in [6, 6.07) is 22.8. The molecule has 0 bridgehead atoms. The van der Waals surface area contributed by atoms with Gasteiger partial charge in [-0.3, -0.25) is 14.9 Å². The number of carbonyl (C=O) groups excluding carboxylic acids is 1. The fraction of sp³-hybridized carbons (Fsp3) is 0.200. The van der Waals surface area contributed by atoms with Crippen molar-refractivity contribution >= 4 is 23.1 Å². The van der Waals surface area contributed by atoms with Crippen molar-refractivity contribution < 1.29 is 37.1 Å². The molecule has 2 atom stereocenters. The highest BCUT2D eigenvalue weighted by Gasteiger charge is 2.46. The number of nitro groups is 1. The molecular formula is C35H30F3N5O6. The molecule has 49 heavy (non-hydrogen) atoms. The number of rotatable bonds is 10. The quantitative estimate of drug-likeness (QED) is 0.111. The molecule has 252 valence electrons. The van der Waals surface area contributed by atoms with Crippen LogP contribution >= 0.6 is 0 Å². The zero-order chi connectivity index (χ0) is 34.7. The number of amides is 1. The molecule has 2 N–H and O–H groups in total. The van der Waals surface area contributed by atoms with Crippen LogP contribution in [0.2, 0.25) is 0 Å². The molecule has 5 aromatic rings. The first-order chi connectivity index (χ1) is 23.4. The van der Waals surface area contributed by atoms with Gasteiger partial charge in [-0.1, -0.05) is 29.8 Å². The summed E-state index contributed by atoms with van der Waals surface area (Å²) in [5.41, 5.74) is 1.55. The van der Waals surface area contributed by atoms with Crippen molar-refractivity contribution in [1.29, 1.82) is 0 Å². The Morgan fingerprint density at radius 3 is 2.08 bits per heavy atom. The molecule has 0 aliphatic carbocycles. The Bertz CT molecular complexity index is 1960. The molecule has 0 unspecified atom stereocenters. The van der Waals surface area contributed by atoms with Gasteiger partial charge in [0.1, 0.15) is 34.6 Å². The zero-order valence-electron chi connectivity index (χ0n) is 26.2. The van der Waals surface area contributed by atoms with Gasteiger partial charge >= 0.3 is 6.18 Å². The zero-order valence-corrected chi connectivity index (χ0v) is 26.2. The summed E-state index contributed by atoms with van der Waals surface area (Å²) >= 11 is 0. The van der Waals surface area contributed by atoms with E-state index < -0.39 is 29.1 Å². The second kappa shape index (κ2) is 13.6. The lowest BCUT2D eigenvalue weighted by atomic mass is 9.96. The lowest BCUT2D eigenvalue weighted by Crippen LogP contribution is -2.35. The van der Waals surface area contributed by atoms with E-state index in [0.29, 0.717) is 35.1 Å². The Balaban J connectivity index is 1.14. The van der Waals surface area contributed by atoms with Crippen molar-refractivity contribution in [3.05, 3.63) is 124 Å². The van der Waals surface area contributed by atoms with Gasteiger partial charge in [0.05, 0.1) is 29.7 Å². The summed E-state index contributed by atoms with van der Waals surface area (Å²) in [6.45, 7) is 4.26. The molecule has 1 aliphatic rings. The Morgan fingerprint density at radius 1 is 0.918 bits per heavy atom. The first kappa shape index (κ1) is 32.9. The van der Waals surface area contributed by atoms with Gasteiger partial charge in [0.15, 0.2) is 11.7 Å². The highest BCUT2D eigenvalue weighted by molar-refractivity contribution is 6.03. The number of fused-ring (bicyclic) bond motifs is 1. The van der Waals surface area contributed by atoms with E-state index in [9.17, 15) is 28.1 Å². The minimum Gasteiger partial charge on any atom is -0.494 e. The lowest BCUT2D eigenvalue weighted by Gasteiger charge is -2.33. The van der Waals surface area contributed by atoms with Crippen molar-refractivity contribution in [3.63, 3.8) is 0 Å². The third-order valence-corrected chi connectivity index (χ3v) is 7.70. The number of non-ortho nitro benzene ring substituents is 1. The van der Waals surface area contributed by atoms with Crippen LogP contribution in [-0.2, 0) is 0 Å². The molecule has 1 aromatic heterocycles. The maximum atomic E-state index is 14.1. The van der Waals surface area contributed by atoms with E-state index in [0.717, 1.165) is 10.2 Å². The number of alkyl halides is 3. The third kappa shape index (κ3) is 7.75. The van der Waals surface area contributed by atoms with Crippen LogP contribution in [0.25, 0.3) is 0 Å². The summed E-state index contributed by atoms with van der Waals surface area (Å²) in [5.74, 6) is 1.06. The molecule has 11 nitrogen and oxygen atoms in total. The maximum absolute atomic E-state index is 14.1. The van der Waals surface area contributed by atoms with Gasteiger partial charge in [0.25, 0.3) is 11.6 Å². The standard InChI is InChI=1S/C35H30F3N5O6/c1-3-47-25-12-14-27(15-13-25)49-29-17-24(43(45)46)16-28(18-29)48-26-10-8-23(9-11-26)39-34(44)31-20-33-40-30(22-6-4-21(2)5-7-22)19-32(35(36,37)38)42(33)41-31/h4-18,20,30,32,40H,3,19H2,1-2H3,(H,39,44)/t30-,32+/m0/s1. The first-order valence-electron chi connectivity index (χ1n) is 15.2. The van der Waals surface area contributed by atoms with E-state index in [1.807, 2.05) is 26.0 Å². The number of aromatic nitrogens is 2. The van der Waals surface area contributed by atoms with E-state index in [4.69, 9.17) is 14.2 Å². The summed E-state index contributed by atoms with van der Waals surface area (Å²) in [5, 5.41) is 21.3. The second-order valence-electron chi connectivity index (χ2n) is 11.3. The predicted octanol–water partition coefficient (Wildman–Crippen LogP) is 9.00. The molecule has 0 radical (unpaired) electrons. The predicted molar refractivity (Wildman–Crippen MR) is 175 cm³/mol. The molecule has 4 aromatic carbocycles. The molecule has 0 spiro atoms. The van der Waals surface area contributed by atoms with E-state index in [1.165, 1.54) is 48.5 Å². The number of halogens is 3. The van der Waals surface area contributed by atoms with E-state index in [1.54, 1.807) is 36.4 Å². The number of aryl methyl sites for hydroxylation is 1. The van der Waals surface area contributed by atoms with Crippen molar-refractivity contribution in [3.8, 4) is 28.7 Å². The molecule has 2 heterocycles. The molecule has 6 rings (SSSR count). The summed E-state index contributed by atoms with van der Waals surface area (Å²) in [7, 11) is 0. The van der Waals surface area contributed by atoms with Crippen LogP contribution in [0.5, 0.6) is 28.7 Å². The topological polar surface area (TPSA) is 130 Å². The van der Waals surface area contributed by atoms with Crippen LogP contribution in [-0.4, -0.2) is 33.4 Å². The molecule has 1 amide bonds. The summed E-state index contributed by atoms with van der Waals surface area (Å²) in [4.78, 5) is 24.1. The van der Waals surface area contributed by atoms with Gasteiger partial charge in [-0.15, -0.1) is 0 Å². The normalized spacial score (nSPS) is 15.4. The number of ether oxygens (including phenoxy) is 3. The molecule has 0 fully saturated rings. The van der Waals surface area contributed by atoms with Crippen LogP contribution in [0.4, 0.5) is 30.4 Å². The average Bonchev–Trinajstić information content (AvgIpc) is 3.51. The number of benzene rings is 4. The monoisotopic (exact) mass is 673 g/mol. The van der Waals surface area contributed by atoms with Gasteiger partial charge < -0.3 is 24.8 Å². The van der Waals surface area contributed by atoms with Crippen LogP contribution in [0.3, 0.4) is 0 Å². The highest BCUT2D eigenvalue weighted by atomic mass is 19.4. The smallest absolute Gasteiger partial charge is 0.410 e. The Labute approximate surface area is 278 Å². The van der Waals surface area contributed by atoms with Crippen molar-refractivity contribution in [2.24, 2.45) is 0 Å². The Hall–Kier alpha value is -6.05. The highest BCUT2D eigenvalue weighted by Crippen LogP contribution is 2.44. The van der Waals surface area contributed by atoms with E-state index >= 15 is 0 Å². The number of nitrogens with one attached hydrogen (secondary N) is 2. The summed E-state index contributed by atoms with van der Waals surface area (Å²) < 4.78 is 60.2. The third-order valence-electron chi connectivity index (χ3n) is 7.70. The van der Waals surface area contributed by atoms with Gasteiger partial charge in [-0.25, -0.2) is 4.68 Å². The Morgan fingerprint density at radius 2 is 1.51 bits per heavy atom. The van der Waals surface area contributed by atoms with Crippen molar-refractivity contribution in [2.45, 2.75) is 38.5 Å². The average molecular weight is 674 g/mol.